The summed E-state index contributed by atoms with van der Waals surface area (Å²) in [4.78, 5) is 4.11. The standard InChI is InChI=1S/C10H11BrClN5/c1-17-10(8(12)5-15-17)9(16-13)6-2-7(11)4-14-3-6/h2-5,9,16H,13H2,1H3. The van der Waals surface area contributed by atoms with E-state index in [4.69, 9.17) is 17.4 Å². The van der Waals surface area contributed by atoms with Crippen molar-refractivity contribution < 1.29 is 0 Å². The quantitative estimate of drug-likeness (QED) is 0.669. The summed E-state index contributed by atoms with van der Waals surface area (Å²) in [5, 5.41) is 4.66. The number of hydrogen-bond donors (Lipinski definition) is 2. The van der Waals surface area contributed by atoms with E-state index >= 15 is 0 Å². The molecule has 0 amide bonds. The van der Waals surface area contributed by atoms with Gasteiger partial charge in [-0.1, -0.05) is 11.6 Å². The minimum absolute atomic E-state index is 0.250. The molecule has 0 saturated carbocycles. The molecule has 0 fully saturated rings. The maximum atomic E-state index is 6.10. The lowest BCUT2D eigenvalue weighted by Crippen LogP contribution is -2.30. The molecule has 2 aromatic rings. The summed E-state index contributed by atoms with van der Waals surface area (Å²) in [5.74, 6) is 5.59. The zero-order valence-electron chi connectivity index (χ0n) is 9.06. The molecule has 0 bridgehead atoms. The Labute approximate surface area is 112 Å². The Kier molecular flexibility index (Phi) is 3.78. The lowest BCUT2D eigenvalue weighted by atomic mass is 10.1. The molecular formula is C10H11BrClN5. The number of hydrazine groups is 1. The van der Waals surface area contributed by atoms with Crippen LogP contribution < -0.4 is 11.3 Å². The van der Waals surface area contributed by atoms with Gasteiger partial charge in [-0.2, -0.15) is 5.10 Å². The van der Waals surface area contributed by atoms with Crippen molar-refractivity contribution in [3.8, 4) is 0 Å². The first-order valence-electron chi connectivity index (χ1n) is 4.87. The van der Waals surface area contributed by atoms with E-state index in [1.165, 1.54) is 0 Å². The predicted octanol–water partition coefficient (Wildman–Crippen LogP) is 1.78. The first-order chi connectivity index (χ1) is 8.13. The highest BCUT2D eigenvalue weighted by molar-refractivity contribution is 9.10. The van der Waals surface area contributed by atoms with Crippen LogP contribution in [0.5, 0.6) is 0 Å². The van der Waals surface area contributed by atoms with Gasteiger partial charge in [-0.25, -0.2) is 5.43 Å². The van der Waals surface area contributed by atoms with Crippen molar-refractivity contribution in [2.45, 2.75) is 6.04 Å². The van der Waals surface area contributed by atoms with Gasteiger partial charge >= 0.3 is 0 Å². The number of pyridine rings is 1. The van der Waals surface area contributed by atoms with Crippen LogP contribution in [0.4, 0.5) is 0 Å². The average Bonchev–Trinajstić information content (AvgIpc) is 2.62. The van der Waals surface area contributed by atoms with E-state index in [2.05, 4.69) is 31.4 Å². The van der Waals surface area contributed by atoms with Crippen LogP contribution in [-0.4, -0.2) is 14.8 Å². The molecular weight excluding hydrogens is 306 g/mol. The van der Waals surface area contributed by atoms with Gasteiger partial charge in [0.15, 0.2) is 0 Å². The zero-order chi connectivity index (χ0) is 12.4. The van der Waals surface area contributed by atoms with Crippen LogP contribution >= 0.6 is 27.5 Å². The molecule has 0 aromatic carbocycles. The van der Waals surface area contributed by atoms with Gasteiger partial charge in [0.25, 0.3) is 0 Å². The van der Waals surface area contributed by atoms with E-state index in [9.17, 15) is 0 Å². The fourth-order valence-electron chi connectivity index (χ4n) is 1.66. The summed E-state index contributed by atoms with van der Waals surface area (Å²) in [5.41, 5.74) is 4.43. The molecule has 2 rings (SSSR count). The molecule has 0 spiro atoms. The lowest BCUT2D eigenvalue weighted by Gasteiger charge is -2.17. The summed E-state index contributed by atoms with van der Waals surface area (Å²) in [6.07, 6.45) is 5.03. The molecule has 0 radical (unpaired) electrons. The smallest absolute Gasteiger partial charge is 0.0908 e. The topological polar surface area (TPSA) is 68.8 Å². The molecule has 0 aliphatic heterocycles. The number of nitrogens with one attached hydrogen (secondary N) is 1. The van der Waals surface area contributed by atoms with E-state index in [1.807, 2.05) is 13.1 Å². The van der Waals surface area contributed by atoms with Crippen LogP contribution in [0.25, 0.3) is 0 Å². The predicted molar refractivity (Wildman–Crippen MR) is 69.3 cm³/mol. The molecule has 5 nitrogen and oxygen atoms in total. The first kappa shape index (κ1) is 12.5. The summed E-state index contributed by atoms with van der Waals surface area (Å²) in [7, 11) is 1.82. The largest absolute Gasteiger partial charge is 0.271 e. The lowest BCUT2D eigenvalue weighted by molar-refractivity contribution is 0.573. The minimum atomic E-state index is -0.250. The Morgan fingerprint density at radius 2 is 2.24 bits per heavy atom. The van der Waals surface area contributed by atoms with Gasteiger partial charge in [0, 0.05) is 23.9 Å². The molecule has 2 heterocycles. The van der Waals surface area contributed by atoms with Crippen molar-refractivity contribution in [2.24, 2.45) is 12.9 Å². The van der Waals surface area contributed by atoms with Crippen molar-refractivity contribution >= 4 is 27.5 Å². The van der Waals surface area contributed by atoms with Gasteiger partial charge in [-0.3, -0.25) is 15.5 Å². The normalized spacial score (nSPS) is 12.7. The number of hydrogen-bond acceptors (Lipinski definition) is 4. The fraction of sp³-hybridized carbons (Fsp3) is 0.200. The molecule has 17 heavy (non-hydrogen) atoms. The summed E-state index contributed by atoms with van der Waals surface area (Å²) in [6, 6.07) is 1.68. The molecule has 0 aliphatic carbocycles. The molecule has 90 valence electrons. The van der Waals surface area contributed by atoms with Crippen LogP contribution in [0.3, 0.4) is 0 Å². The van der Waals surface area contributed by atoms with Gasteiger partial charge in [0.1, 0.15) is 0 Å². The van der Waals surface area contributed by atoms with Crippen LogP contribution in [0.1, 0.15) is 17.3 Å². The van der Waals surface area contributed by atoms with Gasteiger partial charge in [-0.05, 0) is 27.6 Å². The first-order valence-corrected chi connectivity index (χ1v) is 6.04. The van der Waals surface area contributed by atoms with Crippen molar-refractivity contribution in [3.63, 3.8) is 0 Å². The molecule has 7 heteroatoms. The maximum absolute atomic E-state index is 6.10. The van der Waals surface area contributed by atoms with Gasteiger partial charge in [0.05, 0.1) is 23.0 Å². The zero-order valence-corrected chi connectivity index (χ0v) is 11.4. The highest BCUT2D eigenvalue weighted by Crippen LogP contribution is 2.27. The number of rotatable bonds is 3. The number of halogens is 2. The highest BCUT2D eigenvalue weighted by atomic mass is 79.9. The van der Waals surface area contributed by atoms with E-state index in [0.29, 0.717) is 5.02 Å². The van der Waals surface area contributed by atoms with Crippen LogP contribution in [0.2, 0.25) is 5.02 Å². The molecule has 1 unspecified atom stereocenters. The molecule has 2 aromatic heterocycles. The Hall–Kier alpha value is -0.950. The number of aryl methyl sites for hydroxylation is 1. The highest BCUT2D eigenvalue weighted by Gasteiger charge is 2.20. The van der Waals surface area contributed by atoms with Crippen LogP contribution in [-0.2, 0) is 7.05 Å². The van der Waals surface area contributed by atoms with Gasteiger partial charge < -0.3 is 0 Å². The van der Waals surface area contributed by atoms with Crippen LogP contribution in [0, 0.1) is 0 Å². The van der Waals surface area contributed by atoms with E-state index in [1.54, 1.807) is 23.3 Å². The summed E-state index contributed by atoms with van der Waals surface area (Å²) in [6.45, 7) is 0. The molecule has 0 saturated heterocycles. The molecule has 1 atom stereocenters. The Balaban J connectivity index is 2.47. The second-order valence-corrected chi connectivity index (χ2v) is 4.86. The monoisotopic (exact) mass is 315 g/mol. The van der Waals surface area contributed by atoms with Crippen molar-refractivity contribution in [3.05, 3.63) is 45.4 Å². The second-order valence-electron chi connectivity index (χ2n) is 3.54. The Bertz CT molecular complexity index is 508. The average molecular weight is 317 g/mol. The van der Waals surface area contributed by atoms with Gasteiger partial charge in [-0.15, -0.1) is 0 Å². The number of nitrogens with two attached hydrogens (primary N) is 1. The molecule has 0 aliphatic rings. The van der Waals surface area contributed by atoms with E-state index < -0.39 is 0 Å². The Morgan fingerprint density at radius 3 is 2.76 bits per heavy atom. The summed E-state index contributed by atoms with van der Waals surface area (Å²) >= 11 is 9.47. The van der Waals surface area contributed by atoms with E-state index in [-0.39, 0.29) is 6.04 Å². The van der Waals surface area contributed by atoms with Crippen molar-refractivity contribution in [1.82, 2.24) is 20.2 Å². The van der Waals surface area contributed by atoms with E-state index in [0.717, 1.165) is 15.7 Å². The number of nitrogens with zero attached hydrogens (tertiary/aromatic N) is 3. The molecule has 3 N–H and O–H groups in total. The van der Waals surface area contributed by atoms with Crippen LogP contribution in [0.15, 0.2) is 29.1 Å². The Morgan fingerprint density at radius 1 is 1.47 bits per heavy atom. The second kappa shape index (κ2) is 5.14. The van der Waals surface area contributed by atoms with Crippen molar-refractivity contribution in [2.75, 3.05) is 0 Å². The minimum Gasteiger partial charge on any atom is -0.271 e. The number of aromatic nitrogens is 3. The third-order valence-corrected chi connectivity index (χ3v) is 3.16. The third kappa shape index (κ3) is 2.50. The SMILES string of the molecule is Cn1ncc(Cl)c1C(NN)c1cncc(Br)c1. The maximum Gasteiger partial charge on any atom is 0.0908 e. The van der Waals surface area contributed by atoms with Crippen molar-refractivity contribution in [1.29, 1.82) is 0 Å². The third-order valence-electron chi connectivity index (χ3n) is 2.44. The summed E-state index contributed by atoms with van der Waals surface area (Å²) < 4.78 is 2.57. The fourth-order valence-corrected chi connectivity index (χ4v) is 2.32. The van der Waals surface area contributed by atoms with Gasteiger partial charge in [0.2, 0.25) is 0 Å².